The van der Waals surface area contributed by atoms with Crippen molar-refractivity contribution in [2.45, 2.75) is 58.3 Å². The summed E-state index contributed by atoms with van der Waals surface area (Å²) in [6.45, 7) is 3.01. The summed E-state index contributed by atoms with van der Waals surface area (Å²) in [7, 11) is 0. The van der Waals surface area contributed by atoms with Crippen molar-refractivity contribution in [1.82, 2.24) is 4.98 Å². The third-order valence-corrected chi connectivity index (χ3v) is 6.20. The molecule has 0 aliphatic rings. The van der Waals surface area contributed by atoms with E-state index in [-0.39, 0.29) is 0 Å². The molecular weight excluding hydrogens is 402 g/mol. The van der Waals surface area contributed by atoms with Crippen LogP contribution in [0.5, 0.6) is 5.75 Å². The Morgan fingerprint density at radius 3 is 2.21 bits per heavy atom. The van der Waals surface area contributed by atoms with Crippen LogP contribution < -0.4 is 4.74 Å². The second kappa shape index (κ2) is 12.2. The first-order valence-corrected chi connectivity index (χ1v) is 12.5. The fourth-order valence-electron chi connectivity index (χ4n) is 4.22. The van der Waals surface area contributed by atoms with E-state index in [0.29, 0.717) is 0 Å². The number of hydrogen-bond donors (Lipinski definition) is 0. The summed E-state index contributed by atoms with van der Waals surface area (Å²) in [6, 6.07) is 30.1. The number of aryl methyl sites for hydroxylation is 2. The van der Waals surface area contributed by atoms with Gasteiger partial charge < -0.3 is 4.74 Å². The van der Waals surface area contributed by atoms with Gasteiger partial charge in [-0.1, -0.05) is 80.4 Å². The number of nitrogens with zero attached hydrogens (tertiary/aromatic N) is 1. The van der Waals surface area contributed by atoms with E-state index >= 15 is 0 Å². The average Bonchev–Trinajstić information content (AvgIpc) is 2.87. The highest BCUT2D eigenvalue weighted by Gasteiger charge is 2.04. The van der Waals surface area contributed by atoms with Gasteiger partial charge in [0.15, 0.2) is 0 Å². The standard InChI is InChI=1S/C31H35NO/c1-2-3-6-11-26-15-17-27(18-16-26)30-21-19-28-24-29(20-22-31(28)32-30)33-23-10-5-9-14-25-12-7-4-8-13-25/h4,7-8,12-13,15-22,24H,2-3,5-6,9-11,14,23H2,1H3. The third kappa shape index (κ3) is 6.92. The van der Waals surface area contributed by atoms with Crippen molar-refractivity contribution < 1.29 is 4.74 Å². The molecule has 0 atom stereocenters. The van der Waals surface area contributed by atoms with Crippen LogP contribution in [0.15, 0.2) is 84.9 Å². The summed E-state index contributed by atoms with van der Waals surface area (Å²) in [4.78, 5) is 4.89. The number of unbranched alkanes of at least 4 members (excludes halogenated alkanes) is 4. The van der Waals surface area contributed by atoms with Gasteiger partial charge in [-0.05, 0) is 73.9 Å². The highest BCUT2D eigenvalue weighted by Crippen LogP contribution is 2.25. The fraction of sp³-hybridized carbons (Fsp3) is 0.323. The van der Waals surface area contributed by atoms with Gasteiger partial charge in [-0.15, -0.1) is 0 Å². The molecule has 2 heteroatoms. The first-order valence-electron chi connectivity index (χ1n) is 12.5. The topological polar surface area (TPSA) is 22.1 Å². The Morgan fingerprint density at radius 2 is 1.42 bits per heavy atom. The Balaban J connectivity index is 1.27. The number of rotatable bonds is 12. The Bertz CT molecular complexity index is 1120. The predicted octanol–water partition coefficient (Wildman–Crippen LogP) is 8.43. The molecule has 0 aliphatic heterocycles. The van der Waals surface area contributed by atoms with Crippen LogP contribution >= 0.6 is 0 Å². The van der Waals surface area contributed by atoms with Crippen LogP contribution in [0.1, 0.15) is 56.6 Å². The lowest BCUT2D eigenvalue weighted by Gasteiger charge is -2.09. The molecule has 0 amide bonds. The van der Waals surface area contributed by atoms with Gasteiger partial charge in [-0.25, -0.2) is 4.98 Å². The van der Waals surface area contributed by atoms with Gasteiger partial charge >= 0.3 is 0 Å². The number of hydrogen-bond acceptors (Lipinski definition) is 2. The normalized spacial score (nSPS) is 11.1. The van der Waals surface area contributed by atoms with Crippen molar-refractivity contribution >= 4 is 10.9 Å². The second-order valence-corrected chi connectivity index (χ2v) is 8.85. The maximum absolute atomic E-state index is 6.01. The minimum atomic E-state index is 0.760. The van der Waals surface area contributed by atoms with E-state index in [4.69, 9.17) is 9.72 Å². The lowest BCUT2D eigenvalue weighted by molar-refractivity contribution is 0.305. The van der Waals surface area contributed by atoms with Crippen molar-refractivity contribution in [3.8, 4) is 17.0 Å². The number of pyridine rings is 1. The molecule has 1 aromatic heterocycles. The van der Waals surface area contributed by atoms with Crippen LogP contribution in [-0.4, -0.2) is 11.6 Å². The Labute approximate surface area is 198 Å². The van der Waals surface area contributed by atoms with Crippen LogP contribution in [-0.2, 0) is 12.8 Å². The van der Waals surface area contributed by atoms with E-state index in [1.54, 1.807) is 0 Å². The molecule has 0 saturated carbocycles. The van der Waals surface area contributed by atoms with Gasteiger partial charge in [-0.2, -0.15) is 0 Å². The zero-order chi connectivity index (χ0) is 22.7. The van der Waals surface area contributed by atoms with E-state index in [1.165, 1.54) is 48.8 Å². The maximum Gasteiger partial charge on any atom is 0.120 e. The van der Waals surface area contributed by atoms with E-state index in [1.807, 2.05) is 6.07 Å². The smallest absolute Gasteiger partial charge is 0.120 e. The van der Waals surface area contributed by atoms with Crippen molar-refractivity contribution in [2.24, 2.45) is 0 Å². The summed E-state index contributed by atoms with van der Waals surface area (Å²) in [5.74, 6) is 0.927. The van der Waals surface area contributed by atoms with Gasteiger partial charge in [0, 0.05) is 10.9 Å². The predicted molar refractivity (Wildman–Crippen MR) is 140 cm³/mol. The van der Waals surface area contributed by atoms with E-state index in [2.05, 4.69) is 85.8 Å². The van der Waals surface area contributed by atoms with Gasteiger partial charge in [0.2, 0.25) is 0 Å². The molecule has 0 aliphatic carbocycles. The average molecular weight is 438 g/mol. The molecule has 0 spiro atoms. The number of ether oxygens (including phenoxy) is 1. The molecular formula is C31H35NO. The summed E-state index contributed by atoms with van der Waals surface area (Å²) in [5, 5.41) is 1.12. The Kier molecular flexibility index (Phi) is 8.52. The van der Waals surface area contributed by atoms with Crippen LogP contribution in [0.4, 0.5) is 0 Å². The minimum Gasteiger partial charge on any atom is -0.494 e. The van der Waals surface area contributed by atoms with Gasteiger partial charge in [-0.3, -0.25) is 0 Å². The van der Waals surface area contributed by atoms with Crippen LogP contribution in [0.2, 0.25) is 0 Å². The summed E-state index contributed by atoms with van der Waals surface area (Å²) in [6.07, 6.45) is 9.61. The monoisotopic (exact) mass is 437 g/mol. The first kappa shape index (κ1) is 23.0. The van der Waals surface area contributed by atoms with Crippen LogP contribution in [0.3, 0.4) is 0 Å². The number of fused-ring (bicyclic) bond motifs is 1. The molecule has 0 unspecified atom stereocenters. The lowest BCUT2D eigenvalue weighted by atomic mass is 10.0. The SMILES string of the molecule is CCCCCc1ccc(-c2ccc3cc(OCCCCCc4ccccc4)ccc3n2)cc1. The fourth-order valence-corrected chi connectivity index (χ4v) is 4.22. The maximum atomic E-state index is 6.01. The van der Waals surface area contributed by atoms with Gasteiger partial charge in [0.25, 0.3) is 0 Å². The molecule has 4 rings (SSSR count). The van der Waals surface area contributed by atoms with E-state index in [9.17, 15) is 0 Å². The molecule has 0 N–H and O–H groups in total. The molecule has 2 nitrogen and oxygen atoms in total. The van der Waals surface area contributed by atoms with Crippen molar-refractivity contribution in [2.75, 3.05) is 6.61 Å². The third-order valence-electron chi connectivity index (χ3n) is 6.20. The van der Waals surface area contributed by atoms with Crippen LogP contribution in [0.25, 0.3) is 22.2 Å². The Morgan fingerprint density at radius 1 is 0.667 bits per heavy atom. The molecule has 33 heavy (non-hydrogen) atoms. The highest BCUT2D eigenvalue weighted by atomic mass is 16.5. The van der Waals surface area contributed by atoms with Crippen molar-refractivity contribution in [1.29, 1.82) is 0 Å². The lowest BCUT2D eigenvalue weighted by Crippen LogP contribution is -1.98. The molecule has 0 saturated heterocycles. The van der Waals surface area contributed by atoms with Gasteiger partial charge in [0.1, 0.15) is 5.75 Å². The minimum absolute atomic E-state index is 0.760. The quantitative estimate of drug-likeness (QED) is 0.207. The van der Waals surface area contributed by atoms with Crippen molar-refractivity contribution in [3.05, 3.63) is 96.1 Å². The molecule has 0 fully saturated rings. The first-order chi connectivity index (χ1) is 16.3. The molecule has 1 heterocycles. The summed E-state index contributed by atoms with van der Waals surface area (Å²) < 4.78 is 6.01. The van der Waals surface area contributed by atoms with Gasteiger partial charge in [0.05, 0.1) is 17.8 Å². The molecule has 170 valence electrons. The van der Waals surface area contributed by atoms with E-state index in [0.717, 1.165) is 48.2 Å². The number of benzene rings is 3. The summed E-state index contributed by atoms with van der Waals surface area (Å²) >= 11 is 0. The molecule has 3 aromatic carbocycles. The molecule has 0 radical (unpaired) electrons. The van der Waals surface area contributed by atoms with Crippen molar-refractivity contribution in [3.63, 3.8) is 0 Å². The molecule has 4 aromatic rings. The Hall–Kier alpha value is -3.13. The zero-order valence-corrected chi connectivity index (χ0v) is 19.8. The summed E-state index contributed by atoms with van der Waals surface area (Å²) in [5.41, 5.74) is 6.04. The van der Waals surface area contributed by atoms with E-state index < -0.39 is 0 Å². The van der Waals surface area contributed by atoms with Crippen LogP contribution in [0, 0.1) is 0 Å². The largest absolute Gasteiger partial charge is 0.494 e. The zero-order valence-electron chi connectivity index (χ0n) is 19.8. The molecule has 0 bridgehead atoms. The number of aromatic nitrogens is 1. The highest BCUT2D eigenvalue weighted by molar-refractivity contribution is 5.82. The second-order valence-electron chi connectivity index (χ2n) is 8.85.